The number of para-hydroxylation sites is 1. The van der Waals surface area contributed by atoms with Gasteiger partial charge in [-0.25, -0.2) is 4.98 Å². The van der Waals surface area contributed by atoms with Gasteiger partial charge in [-0.3, -0.25) is 0 Å². The summed E-state index contributed by atoms with van der Waals surface area (Å²) in [5.74, 6) is 0.712. The van der Waals surface area contributed by atoms with Gasteiger partial charge in [-0.2, -0.15) is 0 Å². The monoisotopic (exact) mass is 398 g/mol. The molecule has 2 aromatic carbocycles. The van der Waals surface area contributed by atoms with E-state index in [9.17, 15) is 0 Å². The van der Waals surface area contributed by atoms with E-state index in [2.05, 4.69) is 38.7 Å². The molecule has 0 aliphatic heterocycles. The van der Waals surface area contributed by atoms with Crippen LogP contribution in [0.2, 0.25) is 5.15 Å². The number of aromatic nitrogens is 3. The van der Waals surface area contributed by atoms with Crippen LogP contribution in [0.3, 0.4) is 0 Å². The smallest absolute Gasteiger partial charge is 0.206 e. The Kier molecular flexibility index (Phi) is 5.34. The minimum absolute atomic E-state index is 0.545. The molecule has 2 heterocycles. The lowest BCUT2D eigenvalue weighted by atomic mass is 10.2. The van der Waals surface area contributed by atoms with E-state index in [1.165, 1.54) is 5.56 Å². The minimum Gasteiger partial charge on any atom is -0.356 e. The topological polar surface area (TPSA) is 50.7 Å². The molecule has 4 aromatic rings. The average Bonchev–Trinajstić information content (AvgIpc) is 3.13. The van der Waals surface area contributed by atoms with E-state index >= 15 is 0 Å². The van der Waals surface area contributed by atoms with Gasteiger partial charge >= 0.3 is 0 Å². The molecule has 0 unspecified atom stereocenters. The summed E-state index contributed by atoms with van der Waals surface area (Å²) in [6, 6.07) is 20.3. The first-order valence-electron chi connectivity index (χ1n) is 8.06. The van der Waals surface area contributed by atoms with Crippen LogP contribution in [0, 0.1) is 0 Å². The third kappa shape index (κ3) is 4.15. The molecule has 0 spiro atoms. The SMILES string of the molecule is Clc1nc2ccccc2cc1CSc1nnc(NCc2ccccc2)s1. The molecule has 4 nitrogen and oxygen atoms in total. The minimum atomic E-state index is 0.545. The van der Waals surface area contributed by atoms with Crippen LogP contribution < -0.4 is 5.32 Å². The van der Waals surface area contributed by atoms with Crippen LogP contribution >= 0.6 is 34.7 Å². The molecule has 0 bridgehead atoms. The Morgan fingerprint density at radius 2 is 1.81 bits per heavy atom. The second kappa shape index (κ2) is 8.03. The molecule has 0 radical (unpaired) electrons. The summed E-state index contributed by atoms with van der Waals surface area (Å²) in [6.45, 7) is 0.737. The fraction of sp³-hybridized carbons (Fsp3) is 0.105. The molecule has 0 aliphatic carbocycles. The summed E-state index contributed by atoms with van der Waals surface area (Å²) in [7, 11) is 0. The Labute approximate surface area is 164 Å². The maximum Gasteiger partial charge on any atom is 0.206 e. The molecule has 26 heavy (non-hydrogen) atoms. The zero-order valence-corrected chi connectivity index (χ0v) is 16.1. The van der Waals surface area contributed by atoms with Crippen molar-refractivity contribution in [2.24, 2.45) is 0 Å². The number of anilines is 1. The summed E-state index contributed by atoms with van der Waals surface area (Å²) in [5.41, 5.74) is 3.13. The van der Waals surface area contributed by atoms with Crippen LogP contribution in [0.1, 0.15) is 11.1 Å². The van der Waals surface area contributed by atoms with E-state index in [1.54, 1.807) is 23.1 Å². The first kappa shape index (κ1) is 17.3. The predicted octanol–water partition coefficient (Wildman–Crippen LogP) is 5.64. The van der Waals surface area contributed by atoms with Crippen LogP contribution in [0.15, 0.2) is 65.0 Å². The van der Waals surface area contributed by atoms with E-state index in [0.717, 1.165) is 32.5 Å². The number of halogens is 1. The largest absolute Gasteiger partial charge is 0.356 e. The van der Waals surface area contributed by atoms with Gasteiger partial charge in [0.2, 0.25) is 5.13 Å². The van der Waals surface area contributed by atoms with Crippen molar-refractivity contribution in [1.29, 1.82) is 0 Å². The van der Waals surface area contributed by atoms with E-state index in [4.69, 9.17) is 11.6 Å². The predicted molar refractivity (Wildman–Crippen MR) is 110 cm³/mol. The van der Waals surface area contributed by atoms with Gasteiger partial charge in [-0.15, -0.1) is 10.2 Å². The standard InChI is InChI=1S/C19H15ClN4S2/c20-17-15(10-14-8-4-5-9-16(14)22-17)12-25-19-24-23-18(26-19)21-11-13-6-2-1-3-7-13/h1-10H,11-12H2,(H,21,23). The summed E-state index contributed by atoms with van der Waals surface area (Å²) in [5, 5.41) is 14.2. The van der Waals surface area contributed by atoms with E-state index in [1.807, 2.05) is 42.5 Å². The maximum atomic E-state index is 6.32. The number of nitrogens with one attached hydrogen (secondary N) is 1. The third-order valence-corrected chi connectivity index (χ3v) is 6.18. The van der Waals surface area contributed by atoms with Crippen molar-refractivity contribution in [1.82, 2.24) is 15.2 Å². The van der Waals surface area contributed by atoms with Crippen molar-refractivity contribution >= 4 is 50.7 Å². The Hall–Kier alpha value is -2.15. The highest BCUT2D eigenvalue weighted by molar-refractivity contribution is 8.00. The number of benzene rings is 2. The Balaban J connectivity index is 1.39. The second-order valence-corrected chi connectivity index (χ2v) is 8.19. The quantitative estimate of drug-likeness (QED) is 0.336. The van der Waals surface area contributed by atoms with Gasteiger partial charge in [-0.1, -0.05) is 83.2 Å². The molecule has 1 N–H and O–H groups in total. The van der Waals surface area contributed by atoms with Gasteiger partial charge in [0.05, 0.1) is 5.52 Å². The third-order valence-electron chi connectivity index (χ3n) is 3.79. The zero-order valence-electron chi connectivity index (χ0n) is 13.7. The molecule has 0 fully saturated rings. The summed E-state index contributed by atoms with van der Waals surface area (Å²) in [4.78, 5) is 4.46. The molecule has 0 saturated carbocycles. The summed E-state index contributed by atoms with van der Waals surface area (Å²) < 4.78 is 0.907. The Morgan fingerprint density at radius 1 is 1.00 bits per heavy atom. The molecule has 130 valence electrons. The number of fused-ring (bicyclic) bond motifs is 1. The molecule has 0 aliphatic rings. The fourth-order valence-corrected chi connectivity index (χ4v) is 4.50. The average molecular weight is 399 g/mol. The van der Waals surface area contributed by atoms with Gasteiger partial charge in [-0.05, 0) is 17.7 Å². The summed E-state index contributed by atoms with van der Waals surface area (Å²) in [6.07, 6.45) is 0. The first-order chi connectivity index (χ1) is 12.8. The normalized spacial score (nSPS) is 11.0. The van der Waals surface area contributed by atoms with E-state index in [-0.39, 0.29) is 0 Å². The number of thioether (sulfide) groups is 1. The van der Waals surface area contributed by atoms with Crippen molar-refractivity contribution in [3.8, 4) is 0 Å². The first-order valence-corrected chi connectivity index (χ1v) is 10.2. The van der Waals surface area contributed by atoms with Gasteiger partial charge in [0.1, 0.15) is 5.15 Å². The van der Waals surface area contributed by atoms with Crippen LogP contribution in [0.5, 0.6) is 0 Å². The zero-order chi connectivity index (χ0) is 17.8. The number of pyridine rings is 1. The lowest BCUT2D eigenvalue weighted by molar-refractivity contribution is 0.995. The van der Waals surface area contributed by atoms with Crippen molar-refractivity contribution in [2.75, 3.05) is 5.32 Å². The molecule has 0 amide bonds. The fourth-order valence-electron chi connectivity index (χ4n) is 2.49. The van der Waals surface area contributed by atoms with Crippen molar-refractivity contribution in [3.05, 3.63) is 76.9 Å². The lowest BCUT2D eigenvalue weighted by Crippen LogP contribution is -1.98. The van der Waals surface area contributed by atoms with Crippen LogP contribution in [0.25, 0.3) is 10.9 Å². The molecule has 0 atom stereocenters. The van der Waals surface area contributed by atoms with E-state index in [0.29, 0.717) is 10.9 Å². The van der Waals surface area contributed by atoms with Gasteiger partial charge in [0.25, 0.3) is 0 Å². The second-order valence-electron chi connectivity index (χ2n) is 5.63. The van der Waals surface area contributed by atoms with Crippen LogP contribution in [-0.2, 0) is 12.3 Å². The molecule has 4 rings (SSSR count). The highest BCUT2D eigenvalue weighted by Crippen LogP contribution is 2.31. The van der Waals surface area contributed by atoms with Crippen molar-refractivity contribution in [3.63, 3.8) is 0 Å². The van der Waals surface area contributed by atoms with E-state index < -0.39 is 0 Å². The molecule has 0 saturated heterocycles. The van der Waals surface area contributed by atoms with Crippen LogP contribution in [0.4, 0.5) is 5.13 Å². The van der Waals surface area contributed by atoms with Crippen LogP contribution in [-0.4, -0.2) is 15.2 Å². The van der Waals surface area contributed by atoms with Gasteiger partial charge < -0.3 is 5.32 Å². The Morgan fingerprint density at radius 3 is 2.69 bits per heavy atom. The summed E-state index contributed by atoms with van der Waals surface area (Å²) >= 11 is 9.49. The molecule has 2 aromatic heterocycles. The maximum absolute atomic E-state index is 6.32. The molecular formula is C19H15ClN4S2. The number of hydrogen-bond acceptors (Lipinski definition) is 6. The number of rotatable bonds is 6. The number of nitrogens with zero attached hydrogens (tertiary/aromatic N) is 3. The van der Waals surface area contributed by atoms with Crippen molar-refractivity contribution in [2.45, 2.75) is 16.6 Å². The highest BCUT2D eigenvalue weighted by Gasteiger charge is 2.09. The Bertz CT molecular complexity index is 1020. The number of hydrogen-bond donors (Lipinski definition) is 1. The molecular weight excluding hydrogens is 384 g/mol. The highest BCUT2D eigenvalue weighted by atomic mass is 35.5. The molecule has 7 heteroatoms. The lowest BCUT2D eigenvalue weighted by Gasteiger charge is -2.04. The van der Waals surface area contributed by atoms with Crippen molar-refractivity contribution < 1.29 is 0 Å². The van der Waals surface area contributed by atoms with Gasteiger partial charge in [0, 0.05) is 23.2 Å². The van der Waals surface area contributed by atoms with Gasteiger partial charge in [0.15, 0.2) is 4.34 Å².